The van der Waals surface area contributed by atoms with E-state index >= 15 is 0 Å². The second kappa shape index (κ2) is 6.59. The highest BCUT2D eigenvalue weighted by Crippen LogP contribution is 2.46. The summed E-state index contributed by atoms with van der Waals surface area (Å²) in [6.45, 7) is 0.940. The zero-order valence-electron chi connectivity index (χ0n) is 14.7. The Morgan fingerprint density at radius 1 is 1.12 bits per heavy atom. The van der Waals surface area contributed by atoms with Crippen molar-refractivity contribution in [2.75, 3.05) is 13.1 Å². The molecule has 1 N–H and O–H groups in total. The number of nitrogens with one attached hydrogen (secondary N) is 1. The number of hydrogen-bond acceptors (Lipinski definition) is 3. The summed E-state index contributed by atoms with van der Waals surface area (Å²) in [4.78, 5) is 38.2. The molecule has 1 saturated carbocycles. The molecule has 0 bridgehead atoms. The molecule has 1 aromatic heterocycles. The molecule has 1 aliphatic heterocycles. The van der Waals surface area contributed by atoms with Crippen molar-refractivity contribution in [2.45, 2.75) is 38.6 Å². The molecule has 3 amide bonds. The molecule has 4 rings (SSSR count). The van der Waals surface area contributed by atoms with Crippen molar-refractivity contribution in [3.05, 3.63) is 36.5 Å². The van der Waals surface area contributed by atoms with Crippen LogP contribution in [0.3, 0.4) is 0 Å². The molecule has 0 atom stereocenters. The highest BCUT2D eigenvalue weighted by atomic mass is 16.2. The third-order valence-electron chi connectivity index (χ3n) is 5.71. The number of fused-ring (bicyclic) bond motifs is 1. The van der Waals surface area contributed by atoms with Crippen molar-refractivity contribution in [1.29, 1.82) is 0 Å². The van der Waals surface area contributed by atoms with E-state index < -0.39 is 5.41 Å². The largest absolute Gasteiger partial charge is 0.353 e. The number of aromatic nitrogens is 1. The smallest absolute Gasteiger partial charge is 0.240 e. The van der Waals surface area contributed by atoms with Crippen LogP contribution in [0.4, 0.5) is 0 Å². The molecule has 2 heterocycles. The fourth-order valence-electron chi connectivity index (χ4n) is 4.31. The number of para-hydroxylation sites is 1. The molecule has 1 aromatic carbocycles. The molecule has 0 unspecified atom stereocenters. The van der Waals surface area contributed by atoms with Gasteiger partial charge in [-0.3, -0.25) is 19.3 Å². The van der Waals surface area contributed by atoms with Crippen molar-refractivity contribution >= 4 is 28.6 Å². The van der Waals surface area contributed by atoms with Crippen molar-refractivity contribution in [3.63, 3.8) is 0 Å². The Bertz CT molecular complexity index is 864. The van der Waals surface area contributed by atoms with Gasteiger partial charge in [-0.05, 0) is 30.4 Å². The molecule has 1 aliphatic carbocycles. The van der Waals surface area contributed by atoms with E-state index in [9.17, 15) is 14.4 Å². The van der Waals surface area contributed by atoms with Gasteiger partial charge >= 0.3 is 0 Å². The molecule has 0 radical (unpaired) electrons. The minimum absolute atomic E-state index is 0.147. The highest BCUT2D eigenvalue weighted by Gasteiger charge is 2.52. The molecule has 2 aliphatic rings. The van der Waals surface area contributed by atoms with E-state index in [0.29, 0.717) is 13.1 Å². The minimum atomic E-state index is -0.512. The zero-order chi connectivity index (χ0) is 18.1. The summed E-state index contributed by atoms with van der Waals surface area (Å²) in [6, 6.07) is 10.1. The Morgan fingerprint density at radius 2 is 1.88 bits per heavy atom. The molecule has 1 spiro atoms. The molecular weight excluding hydrogens is 330 g/mol. The maximum Gasteiger partial charge on any atom is 0.240 e. The summed E-state index contributed by atoms with van der Waals surface area (Å²) >= 11 is 0. The fourth-order valence-corrected chi connectivity index (χ4v) is 4.31. The van der Waals surface area contributed by atoms with Crippen LogP contribution in [0.15, 0.2) is 36.5 Å². The first-order valence-corrected chi connectivity index (χ1v) is 9.24. The number of rotatable bonds is 5. The number of benzene rings is 1. The van der Waals surface area contributed by atoms with Crippen LogP contribution >= 0.6 is 0 Å². The lowest BCUT2D eigenvalue weighted by Crippen LogP contribution is -2.42. The average molecular weight is 353 g/mol. The van der Waals surface area contributed by atoms with Gasteiger partial charge in [-0.25, -0.2) is 0 Å². The van der Waals surface area contributed by atoms with Gasteiger partial charge in [0.1, 0.15) is 6.54 Å². The third-order valence-corrected chi connectivity index (χ3v) is 5.71. The molecular formula is C20H23N3O3. The first-order valence-electron chi connectivity index (χ1n) is 9.24. The van der Waals surface area contributed by atoms with Gasteiger partial charge in [0.15, 0.2) is 0 Å². The highest BCUT2D eigenvalue weighted by molar-refractivity contribution is 6.08. The second-order valence-electron chi connectivity index (χ2n) is 7.37. The van der Waals surface area contributed by atoms with Crippen molar-refractivity contribution < 1.29 is 14.4 Å². The number of carbonyl (C=O) groups is 3. The summed E-state index contributed by atoms with van der Waals surface area (Å²) in [6.07, 6.45) is 5.79. The number of hydrogen-bond donors (Lipinski definition) is 1. The van der Waals surface area contributed by atoms with Gasteiger partial charge in [-0.2, -0.15) is 0 Å². The summed E-state index contributed by atoms with van der Waals surface area (Å²) in [5, 5.41) is 3.99. The molecule has 2 aromatic rings. The normalized spacial score (nSPS) is 19.0. The lowest BCUT2D eigenvalue weighted by molar-refractivity contribution is -0.144. The van der Waals surface area contributed by atoms with Crippen LogP contribution < -0.4 is 5.32 Å². The Labute approximate surface area is 152 Å². The van der Waals surface area contributed by atoms with Gasteiger partial charge < -0.3 is 9.88 Å². The fraction of sp³-hybridized carbons (Fsp3) is 0.450. The molecule has 6 heteroatoms. The van der Waals surface area contributed by atoms with Crippen LogP contribution in [-0.2, 0) is 20.9 Å². The summed E-state index contributed by atoms with van der Waals surface area (Å²) < 4.78 is 2.08. The number of nitrogens with zero attached hydrogens (tertiary/aromatic N) is 2. The summed E-state index contributed by atoms with van der Waals surface area (Å²) in [5.41, 5.74) is 0.608. The van der Waals surface area contributed by atoms with Crippen molar-refractivity contribution in [1.82, 2.24) is 14.8 Å². The van der Waals surface area contributed by atoms with E-state index in [1.54, 1.807) is 0 Å². The van der Waals surface area contributed by atoms with Gasteiger partial charge in [0.25, 0.3) is 0 Å². The number of likely N-dealkylation sites (tertiary alicyclic amines) is 1. The van der Waals surface area contributed by atoms with E-state index in [4.69, 9.17) is 0 Å². The summed E-state index contributed by atoms with van der Waals surface area (Å²) in [5.74, 6) is -0.631. The SMILES string of the molecule is O=C(CN1C(=O)CC2(CCCC2)C1=O)NCCn1ccc2ccccc21. The monoisotopic (exact) mass is 353 g/mol. The van der Waals surface area contributed by atoms with E-state index in [1.165, 1.54) is 0 Å². The van der Waals surface area contributed by atoms with Crippen LogP contribution in [0, 0.1) is 5.41 Å². The van der Waals surface area contributed by atoms with Crippen molar-refractivity contribution in [3.8, 4) is 0 Å². The lowest BCUT2D eigenvalue weighted by atomic mass is 9.84. The maximum atomic E-state index is 12.6. The molecule has 136 valence electrons. The lowest BCUT2D eigenvalue weighted by Gasteiger charge is -2.20. The second-order valence-corrected chi connectivity index (χ2v) is 7.37. The number of amides is 3. The Kier molecular flexibility index (Phi) is 4.26. The van der Waals surface area contributed by atoms with E-state index in [-0.39, 0.29) is 30.7 Å². The van der Waals surface area contributed by atoms with Crippen LogP contribution in [0.1, 0.15) is 32.1 Å². The Hall–Kier alpha value is -2.63. The van der Waals surface area contributed by atoms with Crippen LogP contribution in [-0.4, -0.2) is 40.3 Å². The predicted molar refractivity (Wildman–Crippen MR) is 97.2 cm³/mol. The molecule has 6 nitrogen and oxygen atoms in total. The molecule has 2 fully saturated rings. The van der Waals surface area contributed by atoms with E-state index in [1.807, 2.05) is 36.5 Å². The van der Waals surface area contributed by atoms with Gasteiger partial charge in [-0.15, -0.1) is 0 Å². The minimum Gasteiger partial charge on any atom is -0.353 e. The number of carbonyl (C=O) groups excluding carboxylic acids is 3. The first-order chi connectivity index (χ1) is 12.6. The standard InChI is InChI=1S/C20H23N3O3/c24-17(14-23-18(25)13-20(19(23)26)8-3-4-9-20)21-10-12-22-11-7-15-5-1-2-6-16(15)22/h1-2,5-7,11H,3-4,8-10,12-14H2,(H,21,24). The Balaban J connectivity index is 1.32. The van der Waals surface area contributed by atoms with E-state index in [2.05, 4.69) is 9.88 Å². The van der Waals surface area contributed by atoms with Gasteiger partial charge in [0.2, 0.25) is 17.7 Å². The van der Waals surface area contributed by atoms with Crippen LogP contribution in [0.25, 0.3) is 10.9 Å². The topological polar surface area (TPSA) is 71.4 Å². The Morgan fingerprint density at radius 3 is 2.69 bits per heavy atom. The van der Waals surface area contributed by atoms with Gasteiger partial charge in [0, 0.05) is 31.2 Å². The zero-order valence-corrected chi connectivity index (χ0v) is 14.7. The van der Waals surface area contributed by atoms with E-state index in [0.717, 1.165) is 41.5 Å². The first kappa shape index (κ1) is 16.8. The van der Waals surface area contributed by atoms with Crippen molar-refractivity contribution in [2.24, 2.45) is 5.41 Å². The molecule has 1 saturated heterocycles. The number of imide groups is 1. The van der Waals surface area contributed by atoms with Crippen LogP contribution in [0.5, 0.6) is 0 Å². The summed E-state index contributed by atoms with van der Waals surface area (Å²) in [7, 11) is 0. The average Bonchev–Trinajstić information content (AvgIpc) is 3.32. The predicted octanol–water partition coefficient (Wildman–Crippen LogP) is 2.08. The quantitative estimate of drug-likeness (QED) is 0.837. The maximum absolute atomic E-state index is 12.6. The molecule has 26 heavy (non-hydrogen) atoms. The van der Waals surface area contributed by atoms with Gasteiger partial charge in [-0.1, -0.05) is 31.0 Å². The van der Waals surface area contributed by atoms with Gasteiger partial charge in [0.05, 0.1) is 5.41 Å². The van der Waals surface area contributed by atoms with Crippen LogP contribution in [0.2, 0.25) is 0 Å². The third kappa shape index (κ3) is 2.89.